The van der Waals surface area contributed by atoms with Gasteiger partial charge in [-0.05, 0) is 24.9 Å². The van der Waals surface area contributed by atoms with Crippen LogP contribution in [-0.4, -0.2) is 17.0 Å². The summed E-state index contributed by atoms with van der Waals surface area (Å²) < 4.78 is 0. The van der Waals surface area contributed by atoms with Gasteiger partial charge in [0.05, 0.1) is 0 Å². The summed E-state index contributed by atoms with van der Waals surface area (Å²) in [6.07, 6.45) is 2.42. The monoisotopic (exact) mass is 265 g/mol. The summed E-state index contributed by atoms with van der Waals surface area (Å²) in [5.74, 6) is 0. The number of nitrogens with one attached hydrogen (secondary N) is 1. The van der Waals surface area contributed by atoms with Crippen LogP contribution in [0.3, 0.4) is 0 Å². The average Bonchev–Trinajstić information content (AvgIpc) is 2.40. The molecule has 0 saturated heterocycles. The van der Waals surface area contributed by atoms with Crippen LogP contribution >= 0.6 is 11.8 Å². The van der Waals surface area contributed by atoms with Crippen molar-refractivity contribution in [1.82, 2.24) is 5.32 Å². The van der Waals surface area contributed by atoms with Crippen LogP contribution in [0.5, 0.6) is 0 Å². The molecular formula is C16H27NS. The highest BCUT2D eigenvalue weighted by Crippen LogP contribution is 2.30. The maximum absolute atomic E-state index is 3.69. The van der Waals surface area contributed by atoms with Crippen LogP contribution in [-0.2, 0) is 0 Å². The minimum atomic E-state index is 0.463. The molecule has 3 unspecified atom stereocenters. The van der Waals surface area contributed by atoms with Crippen LogP contribution in [0.1, 0.15) is 52.1 Å². The van der Waals surface area contributed by atoms with Crippen molar-refractivity contribution < 1.29 is 0 Å². The fourth-order valence-corrected chi connectivity index (χ4v) is 3.39. The van der Waals surface area contributed by atoms with E-state index in [9.17, 15) is 0 Å². The quantitative estimate of drug-likeness (QED) is 0.734. The Bertz CT molecular complexity index is 312. The smallest absolute Gasteiger partial charge is 0.0437 e. The third kappa shape index (κ3) is 5.03. The van der Waals surface area contributed by atoms with E-state index in [0.717, 1.165) is 11.8 Å². The first-order chi connectivity index (χ1) is 8.69. The first kappa shape index (κ1) is 15.6. The molecule has 102 valence electrons. The normalized spacial score (nSPS) is 16.2. The van der Waals surface area contributed by atoms with Crippen LogP contribution in [0, 0.1) is 0 Å². The maximum atomic E-state index is 3.69. The summed E-state index contributed by atoms with van der Waals surface area (Å²) in [6.45, 7) is 10.2. The largest absolute Gasteiger partial charge is 0.309 e. The maximum Gasteiger partial charge on any atom is 0.0437 e. The van der Waals surface area contributed by atoms with E-state index >= 15 is 0 Å². The Morgan fingerprint density at radius 3 is 2.33 bits per heavy atom. The molecule has 3 atom stereocenters. The number of thioether (sulfide) groups is 1. The highest BCUT2D eigenvalue weighted by atomic mass is 32.2. The lowest BCUT2D eigenvalue weighted by molar-refractivity contribution is 0.527. The van der Waals surface area contributed by atoms with Gasteiger partial charge in [-0.1, -0.05) is 58.0 Å². The Kier molecular flexibility index (Phi) is 7.45. The summed E-state index contributed by atoms with van der Waals surface area (Å²) in [5, 5.41) is 5.03. The second-order valence-corrected chi connectivity index (χ2v) is 6.72. The number of benzene rings is 1. The van der Waals surface area contributed by atoms with Gasteiger partial charge in [0.15, 0.2) is 0 Å². The number of hydrogen-bond donors (Lipinski definition) is 1. The predicted molar refractivity (Wildman–Crippen MR) is 84.3 cm³/mol. The van der Waals surface area contributed by atoms with Gasteiger partial charge in [-0.3, -0.25) is 0 Å². The fourth-order valence-electron chi connectivity index (χ4n) is 2.06. The predicted octanol–water partition coefficient (Wildman–Crippen LogP) is 4.65. The van der Waals surface area contributed by atoms with Crippen molar-refractivity contribution in [1.29, 1.82) is 0 Å². The van der Waals surface area contributed by atoms with Gasteiger partial charge < -0.3 is 5.32 Å². The molecule has 0 aromatic heterocycles. The number of rotatable bonds is 8. The Balaban J connectivity index is 2.71. The summed E-state index contributed by atoms with van der Waals surface area (Å²) in [7, 11) is 0. The van der Waals surface area contributed by atoms with Gasteiger partial charge in [0, 0.05) is 16.5 Å². The molecule has 0 amide bonds. The van der Waals surface area contributed by atoms with E-state index < -0.39 is 0 Å². The summed E-state index contributed by atoms with van der Waals surface area (Å²) in [4.78, 5) is 0. The zero-order valence-corrected chi connectivity index (χ0v) is 13.0. The second kappa shape index (κ2) is 8.60. The molecule has 1 aromatic rings. The van der Waals surface area contributed by atoms with Gasteiger partial charge >= 0.3 is 0 Å². The first-order valence-electron chi connectivity index (χ1n) is 7.12. The topological polar surface area (TPSA) is 12.0 Å². The minimum Gasteiger partial charge on any atom is -0.309 e. The van der Waals surface area contributed by atoms with E-state index in [4.69, 9.17) is 0 Å². The lowest BCUT2D eigenvalue weighted by Crippen LogP contribution is -2.30. The molecule has 0 fully saturated rings. The molecule has 0 saturated carbocycles. The number of hydrogen-bond acceptors (Lipinski definition) is 2. The van der Waals surface area contributed by atoms with Crippen LogP contribution in [0.15, 0.2) is 30.3 Å². The fraction of sp³-hybridized carbons (Fsp3) is 0.625. The molecule has 0 aliphatic rings. The van der Waals surface area contributed by atoms with Crippen LogP contribution in [0.4, 0.5) is 0 Å². The molecule has 0 spiro atoms. The molecule has 1 nitrogen and oxygen atoms in total. The SMILES string of the molecule is CCCNC(c1ccccc1)C(C)SC(C)CC. The van der Waals surface area contributed by atoms with Crippen molar-refractivity contribution in [2.75, 3.05) is 6.54 Å². The Labute approximate surface area is 117 Å². The van der Waals surface area contributed by atoms with Gasteiger partial charge in [0.25, 0.3) is 0 Å². The van der Waals surface area contributed by atoms with Crippen molar-refractivity contribution in [3.8, 4) is 0 Å². The Morgan fingerprint density at radius 2 is 1.78 bits per heavy atom. The summed E-state index contributed by atoms with van der Waals surface area (Å²) in [5.41, 5.74) is 1.41. The third-order valence-corrected chi connectivity index (χ3v) is 4.76. The lowest BCUT2D eigenvalue weighted by atomic mass is 10.0. The Morgan fingerprint density at radius 1 is 1.11 bits per heavy atom. The minimum absolute atomic E-state index is 0.463. The Hall–Kier alpha value is -0.470. The van der Waals surface area contributed by atoms with Gasteiger partial charge in [-0.25, -0.2) is 0 Å². The van der Waals surface area contributed by atoms with Crippen molar-refractivity contribution in [3.05, 3.63) is 35.9 Å². The molecule has 0 aliphatic carbocycles. The van der Waals surface area contributed by atoms with E-state index in [-0.39, 0.29) is 0 Å². The van der Waals surface area contributed by atoms with E-state index in [2.05, 4.69) is 75.1 Å². The molecule has 1 N–H and O–H groups in total. The van der Waals surface area contributed by atoms with Crippen LogP contribution < -0.4 is 5.32 Å². The molecule has 18 heavy (non-hydrogen) atoms. The molecule has 1 rings (SSSR count). The highest BCUT2D eigenvalue weighted by molar-refractivity contribution is 8.00. The van der Waals surface area contributed by atoms with Crippen molar-refractivity contribution >= 4 is 11.8 Å². The molecular weight excluding hydrogens is 238 g/mol. The third-order valence-electron chi connectivity index (χ3n) is 3.26. The zero-order valence-electron chi connectivity index (χ0n) is 12.1. The molecule has 0 heterocycles. The first-order valence-corrected chi connectivity index (χ1v) is 8.07. The van der Waals surface area contributed by atoms with E-state index in [1.807, 2.05) is 0 Å². The highest BCUT2D eigenvalue weighted by Gasteiger charge is 2.20. The standard InChI is InChI=1S/C16H27NS/c1-5-12-17-16(14(4)18-13(3)6-2)15-10-8-7-9-11-15/h7-11,13-14,16-17H,5-6,12H2,1-4H3. The molecule has 0 aliphatic heterocycles. The van der Waals surface area contributed by atoms with Crippen molar-refractivity contribution in [2.24, 2.45) is 0 Å². The zero-order chi connectivity index (χ0) is 13.4. The van der Waals surface area contributed by atoms with E-state index in [1.165, 1.54) is 18.4 Å². The van der Waals surface area contributed by atoms with Crippen LogP contribution in [0.2, 0.25) is 0 Å². The lowest BCUT2D eigenvalue weighted by Gasteiger charge is -2.27. The molecule has 0 radical (unpaired) electrons. The average molecular weight is 265 g/mol. The second-order valence-electron chi connectivity index (χ2n) is 4.90. The van der Waals surface area contributed by atoms with Crippen LogP contribution in [0.25, 0.3) is 0 Å². The van der Waals surface area contributed by atoms with Crippen molar-refractivity contribution in [3.63, 3.8) is 0 Å². The van der Waals surface area contributed by atoms with Gasteiger partial charge in [-0.15, -0.1) is 0 Å². The van der Waals surface area contributed by atoms with E-state index in [1.54, 1.807) is 0 Å². The summed E-state index contributed by atoms with van der Waals surface area (Å²) >= 11 is 2.09. The molecule has 1 aromatic carbocycles. The van der Waals surface area contributed by atoms with Crippen molar-refractivity contribution in [2.45, 2.75) is 57.1 Å². The summed E-state index contributed by atoms with van der Waals surface area (Å²) in [6, 6.07) is 11.3. The molecule has 2 heteroatoms. The molecule has 0 bridgehead atoms. The van der Waals surface area contributed by atoms with E-state index in [0.29, 0.717) is 11.3 Å². The van der Waals surface area contributed by atoms with Gasteiger partial charge in [-0.2, -0.15) is 11.8 Å². The van der Waals surface area contributed by atoms with Gasteiger partial charge in [0.1, 0.15) is 0 Å². The van der Waals surface area contributed by atoms with Gasteiger partial charge in [0.2, 0.25) is 0 Å².